The number of nitrogens with zero attached hydrogens (tertiary/aromatic N) is 4. The van der Waals surface area contributed by atoms with E-state index < -0.39 is 5.60 Å². The SMILES string of the molecule is CC1(C)CCc2c(C3=Nc4c/c(=C(\[O-])N5CCN(C(=O)OC(C)(C)C)CC5)ccc4=C3)n[nH]c2C1. The van der Waals surface area contributed by atoms with Crippen molar-refractivity contribution in [3.63, 3.8) is 0 Å². The largest absolute Gasteiger partial charge is 0.860 e. The molecular weight excluding hydrogens is 442 g/mol. The fourth-order valence-electron chi connectivity index (χ4n) is 4.99. The van der Waals surface area contributed by atoms with E-state index in [1.807, 2.05) is 39.0 Å². The van der Waals surface area contributed by atoms with Crippen LogP contribution in [0.25, 0.3) is 12.0 Å². The van der Waals surface area contributed by atoms with Crippen molar-refractivity contribution in [1.82, 2.24) is 20.0 Å². The summed E-state index contributed by atoms with van der Waals surface area (Å²) in [4.78, 5) is 20.6. The van der Waals surface area contributed by atoms with Crippen molar-refractivity contribution in [3.8, 4) is 0 Å². The van der Waals surface area contributed by atoms with Crippen molar-refractivity contribution in [3.05, 3.63) is 45.6 Å². The molecule has 0 saturated carbocycles. The molecule has 0 unspecified atom stereocenters. The van der Waals surface area contributed by atoms with Gasteiger partial charge in [-0.2, -0.15) is 5.10 Å². The Labute approximate surface area is 206 Å². The molecule has 1 aromatic carbocycles. The second-order valence-electron chi connectivity index (χ2n) is 11.5. The average molecular weight is 477 g/mol. The summed E-state index contributed by atoms with van der Waals surface area (Å²) in [6, 6.07) is 5.68. The van der Waals surface area contributed by atoms with E-state index in [0.29, 0.717) is 31.4 Å². The lowest BCUT2D eigenvalue weighted by molar-refractivity contribution is -0.273. The highest BCUT2D eigenvalue weighted by Gasteiger charge is 2.30. The zero-order valence-corrected chi connectivity index (χ0v) is 21.3. The molecule has 1 aliphatic carbocycles. The number of ether oxygens (including phenoxy) is 1. The molecule has 8 heteroatoms. The summed E-state index contributed by atoms with van der Waals surface area (Å²) in [6.07, 6.45) is 4.85. The standard InChI is InChI=1S/C27H35N5O3/c1-26(2,3)35-25(34)32-12-10-31(11-13-32)24(33)18-7-6-17-14-21(28-20(17)15-18)23-19-8-9-27(4,5)16-22(19)29-30-23/h6-7,14-15,33H,8-13,16H2,1-5H3,(H,29,30)/p-1/b24-18-. The number of aromatic nitrogens is 2. The van der Waals surface area contributed by atoms with Gasteiger partial charge in [0.05, 0.1) is 11.4 Å². The zero-order valence-electron chi connectivity index (χ0n) is 21.3. The minimum atomic E-state index is -0.531. The van der Waals surface area contributed by atoms with Crippen LogP contribution in [0.3, 0.4) is 0 Å². The van der Waals surface area contributed by atoms with Crippen LogP contribution in [0, 0.1) is 5.41 Å². The van der Waals surface area contributed by atoms with E-state index in [2.05, 4.69) is 30.1 Å². The predicted octanol–water partition coefficient (Wildman–Crippen LogP) is 1.82. The molecule has 3 aliphatic rings. The van der Waals surface area contributed by atoms with Crippen LogP contribution in [-0.4, -0.2) is 63.6 Å². The highest BCUT2D eigenvalue weighted by Crippen LogP contribution is 2.35. The predicted molar refractivity (Wildman–Crippen MR) is 134 cm³/mol. The molecule has 35 heavy (non-hydrogen) atoms. The van der Waals surface area contributed by atoms with Gasteiger partial charge in [0, 0.05) is 42.7 Å². The maximum Gasteiger partial charge on any atom is 0.410 e. The van der Waals surface area contributed by atoms with Crippen LogP contribution in [0.15, 0.2) is 23.2 Å². The third-order valence-corrected chi connectivity index (χ3v) is 6.93. The first-order valence-corrected chi connectivity index (χ1v) is 12.4. The lowest BCUT2D eigenvalue weighted by atomic mass is 9.76. The number of carbonyl (C=O) groups is 1. The van der Waals surface area contributed by atoms with Gasteiger partial charge in [-0.25, -0.2) is 9.79 Å². The van der Waals surface area contributed by atoms with Gasteiger partial charge in [-0.05, 0) is 68.7 Å². The number of fused-ring (bicyclic) bond motifs is 2. The number of carbonyl (C=O) groups excluding carboxylic acids is 1. The van der Waals surface area contributed by atoms with E-state index >= 15 is 0 Å². The van der Waals surface area contributed by atoms with E-state index in [0.717, 1.165) is 41.6 Å². The van der Waals surface area contributed by atoms with Crippen LogP contribution >= 0.6 is 0 Å². The minimum absolute atomic E-state index is 0.0420. The topological polar surface area (TPSA) is 96.9 Å². The number of benzene rings is 1. The zero-order chi connectivity index (χ0) is 25.0. The molecule has 8 nitrogen and oxygen atoms in total. The number of rotatable bonds is 2. The van der Waals surface area contributed by atoms with Gasteiger partial charge in [0.2, 0.25) is 0 Å². The summed E-state index contributed by atoms with van der Waals surface area (Å²) < 4.78 is 5.45. The van der Waals surface area contributed by atoms with Crippen molar-refractivity contribution >= 4 is 29.5 Å². The Balaban J connectivity index is 1.33. The summed E-state index contributed by atoms with van der Waals surface area (Å²) in [5.41, 5.74) is 4.82. The summed E-state index contributed by atoms with van der Waals surface area (Å²) in [7, 11) is 0. The highest BCUT2D eigenvalue weighted by atomic mass is 16.6. The number of hydrogen-bond acceptors (Lipinski definition) is 6. The molecule has 2 aliphatic heterocycles. The Morgan fingerprint density at radius 1 is 1.14 bits per heavy atom. The van der Waals surface area contributed by atoms with Crippen molar-refractivity contribution in [2.24, 2.45) is 10.4 Å². The maximum atomic E-state index is 13.2. The minimum Gasteiger partial charge on any atom is -0.860 e. The fourth-order valence-corrected chi connectivity index (χ4v) is 4.99. The van der Waals surface area contributed by atoms with E-state index in [1.165, 1.54) is 11.3 Å². The molecule has 1 saturated heterocycles. The van der Waals surface area contributed by atoms with Crippen molar-refractivity contribution < 1.29 is 14.6 Å². The van der Waals surface area contributed by atoms with Gasteiger partial charge in [0.25, 0.3) is 0 Å². The van der Waals surface area contributed by atoms with Gasteiger partial charge in [-0.3, -0.25) is 5.10 Å². The summed E-state index contributed by atoms with van der Waals surface area (Å²) in [6.45, 7) is 12.0. The molecule has 0 radical (unpaired) electrons. The second kappa shape index (κ2) is 8.43. The molecule has 1 aromatic heterocycles. The second-order valence-corrected chi connectivity index (χ2v) is 11.5. The first-order valence-electron chi connectivity index (χ1n) is 12.4. The Morgan fingerprint density at radius 3 is 2.57 bits per heavy atom. The number of aromatic amines is 1. The molecule has 1 fully saturated rings. The highest BCUT2D eigenvalue weighted by molar-refractivity contribution is 6.23. The first-order chi connectivity index (χ1) is 16.5. The number of hydrogen-bond donors (Lipinski definition) is 1. The third kappa shape index (κ3) is 4.79. The monoisotopic (exact) mass is 476 g/mol. The first kappa shape index (κ1) is 23.5. The van der Waals surface area contributed by atoms with Crippen LogP contribution in [0.1, 0.15) is 58.0 Å². The van der Waals surface area contributed by atoms with Crippen molar-refractivity contribution in [2.45, 2.75) is 59.5 Å². The van der Waals surface area contributed by atoms with Gasteiger partial charge in [0.1, 0.15) is 11.3 Å². The Kier molecular flexibility index (Phi) is 5.65. The molecule has 186 valence electrons. The number of H-pyrrole nitrogens is 1. The van der Waals surface area contributed by atoms with E-state index in [-0.39, 0.29) is 17.4 Å². The van der Waals surface area contributed by atoms with Gasteiger partial charge in [0.15, 0.2) is 0 Å². The van der Waals surface area contributed by atoms with Crippen molar-refractivity contribution in [1.29, 1.82) is 0 Å². The smallest absolute Gasteiger partial charge is 0.410 e. The Bertz CT molecular complexity index is 1310. The Morgan fingerprint density at radius 2 is 1.86 bits per heavy atom. The van der Waals surface area contributed by atoms with Crippen LogP contribution in [0.5, 0.6) is 0 Å². The number of amides is 1. The summed E-state index contributed by atoms with van der Waals surface area (Å²) in [5.74, 6) is -0.0420. The van der Waals surface area contributed by atoms with Crippen LogP contribution < -0.4 is 15.5 Å². The summed E-state index contributed by atoms with van der Waals surface area (Å²) in [5, 5.41) is 22.6. The van der Waals surface area contributed by atoms with Gasteiger partial charge >= 0.3 is 6.09 Å². The van der Waals surface area contributed by atoms with Gasteiger partial charge < -0.3 is 19.6 Å². The van der Waals surface area contributed by atoms with Gasteiger partial charge in [-0.15, -0.1) is 0 Å². The average Bonchev–Trinajstić information content (AvgIpc) is 3.39. The van der Waals surface area contributed by atoms with Crippen LogP contribution in [0.2, 0.25) is 0 Å². The quantitative estimate of drug-likeness (QED) is 0.713. The normalized spacial score (nSPS) is 20.0. The maximum absolute atomic E-state index is 13.2. The molecule has 0 bridgehead atoms. The molecular formula is C27H34N5O3-. The molecule has 3 heterocycles. The molecule has 2 aromatic rings. The molecule has 5 rings (SSSR count). The molecule has 0 atom stereocenters. The lowest BCUT2D eigenvalue weighted by Crippen LogP contribution is -2.51. The van der Waals surface area contributed by atoms with Crippen LogP contribution in [0.4, 0.5) is 10.5 Å². The lowest BCUT2D eigenvalue weighted by Gasteiger charge is -2.39. The fraction of sp³-hybridized carbons (Fsp3) is 0.519. The van der Waals surface area contributed by atoms with Gasteiger partial charge in [-0.1, -0.05) is 26.0 Å². The van der Waals surface area contributed by atoms with Crippen molar-refractivity contribution in [2.75, 3.05) is 26.2 Å². The molecule has 0 spiro atoms. The summed E-state index contributed by atoms with van der Waals surface area (Å²) >= 11 is 0. The van der Waals surface area contributed by atoms with Crippen LogP contribution in [-0.2, 0) is 17.6 Å². The number of nitrogens with one attached hydrogen (secondary N) is 1. The van der Waals surface area contributed by atoms with E-state index in [9.17, 15) is 9.90 Å². The molecule has 1 N–H and O–H groups in total. The Hall–Kier alpha value is -3.29. The number of aliphatic imine (C=N–C) groups is 1. The third-order valence-electron chi connectivity index (χ3n) is 6.93. The van der Waals surface area contributed by atoms with E-state index in [4.69, 9.17) is 9.73 Å². The molecule has 1 amide bonds. The van der Waals surface area contributed by atoms with E-state index in [1.54, 1.807) is 9.80 Å². The number of piperazine rings is 1.